The smallest absolute Gasteiger partial charge is 0.195 e. The molecule has 16 heavy (non-hydrogen) atoms. The van der Waals surface area contributed by atoms with E-state index >= 15 is 0 Å². The number of aromatic nitrogens is 1. The van der Waals surface area contributed by atoms with Crippen LogP contribution >= 0.6 is 15.9 Å². The van der Waals surface area contributed by atoms with Crippen molar-refractivity contribution in [2.24, 2.45) is 0 Å². The van der Waals surface area contributed by atoms with Crippen molar-refractivity contribution < 1.29 is 9.59 Å². The van der Waals surface area contributed by atoms with Gasteiger partial charge in [-0.3, -0.25) is 9.59 Å². The molecular weight excluding hydrogens is 270 g/mol. The Morgan fingerprint density at radius 1 is 1.31 bits per heavy atom. The van der Waals surface area contributed by atoms with Gasteiger partial charge in [-0.25, -0.2) is 0 Å². The zero-order valence-corrected chi connectivity index (χ0v) is 9.82. The van der Waals surface area contributed by atoms with Gasteiger partial charge in [-0.15, -0.1) is 0 Å². The number of H-pyrrole nitrogens is 1. The second kappa shape index (κ2) is 4.45. The standard InChI is InChI=1S/C12H8BrNO2/c13-11-4-2-1-3-10(11)12(16)8-5-9(7-15)14-6-8/h1-7,14H. The fraction of sp³-hybridized carbons (Fsp3) is 0. The maximum Gasteiger partial charge on any atom is 0.195 e. The van der Waals surface area contributed by atoms with Gasteiger partial charge in [-0.05, 0) is 18.2 Å². The van der Waals surface area contributed by atoms with Gasteiger partial charge in [0.05, 0.1) is 5.69 Å². The summed E-state index contributed by atoms with van der Waals surface area (Å²) in [5, 5.41) is 0. The highest BCUT2D eigenvalue weighted by molar-refractivity contribution is 9.10. The summed E-state index contributed by atoms with van der Waals surface area (Å²) >= 11 is 3.32. The first kappa shape index (κ1) is 10.8. The van der Waals surface area contributed by atoms with Crippen LogP contribution in [0, 0.1) is 0 Å². The van der Waals surface area contributed by atoms with E-state index in [0.717, 1.165) is 4.47 Å². The van der Waals surface area contributed by atoms with Gasteiger partial charge in [-0.1, -0.05) is 28.1 Å². The zero-order valence-electron chi connectivity index (χ0n) is 8.24. The summed E-state index contributed by atoms with van der Waals surface area (Å²) in [6, 6.07) is 8.72. The second-order valence-electron chi connectivity index (χ2n) is 3.27. The normalized spacial score (nSPS) is 10.1. The Morgan fingerprint density at radius 3 is 2.69 bits per heavy atom. The van der Waals surface area contributed by atoms with Gasteiger partial charge >= 0.3 is 0 Å². The molecular formula is C12H8BrNO2. The van der Waals surface area contributed by atoms with Crippen LogP contribution in [-0.2, 0) is 0 Å². The third-order valence-electron chi connectivity index (χ3n) is 2.21. The highest BCUT2D eigenvalue weighted by Gasteiger charge is 2.13. The average molecular weight is 278 g/mol. The van der Waals surface area contributed by atoms with E-state index in [1.165, 1.54) is 12.3 Å². The molecule has 0 amide bonds. The van der Waals surface area contributed by atoms with E-state index in [2.05, 4.69) is 20.9 Å². The number of hydrogen-bond donors (Lipinski definition) is 1. The van der Waals surface area contributed by atoms with Gasteiger partial charge in [0.2, 0.25) is 0 Å². The van der Waals surface area contributed by atoms with Crippen LogP contribution in [0.2, 0.25) is 0 Å². The van der Waals surface area contributed by atoms with Gasteiger partial charge < -0.3 is 4.98 Å². The summed E-state index contributed by atoms with van der Waals surface area (Å²) in [5.41, 5.74) is 1.46. The van der Waals surface area contributed by atoms with Crippen LogP contribution in [0.1, 0.15) is 26.4 Å². The number of ketones is 1. The van der Waals surface area contributed by atoms with Gasteiger partial charge in [0.25, 0.3) is 0 Å². The predicted octanol–water partition coefficient (Wildman–Crippen LogP) is 2.82. The quantitative estimate of drug-likeness (QED) is 0.693. The number of benzene rings is 1. The maximum atomic E-state index is 12.0. The molecule has 4 heteroatoms. The summed E-state index contributed by atoms with van der Waals surface area (Å²) in [6.07, 6.45) is 2.21. The predicted molar refractivity (Wildman–Crippen MR) is 63.8 cm³/mol. The van der Waals surface area contributed by atoms with Crippen molar-refractivity contribution in [3.63, 3.8) is 0 Å². The average Bonchev–Trinajstić information content (AvgIpc) is 2.77. The summed E-state index contributed by atoms with van der Waals surface area (Å²) < 4.78 is 0.744. The molecule has 0 aliphatic heterocycles. The molecule has 1 aromatic heterocycles. The lowest BCUT2D eigenvalue weighted by molar-refractivity contribution is 0.103. The number of hydrogen-bond acceptors (Lipinski definition) is 2. The van der Waals surface area contributed by atoms with Crippen LogP contribution in [0.25, 0.3) is 0 Å². The molecule has 0 saturated carbocycles. The highest BCUT2D eigenvalue weighted by Crippen LogP contribution is 2.19. The Hall–Kier alpha value is -1.68. The molecule has 0 spiro atoms. The first-order chi connectivity index (χ1) is 7.72. The number of aromatic amines is 1. The minimum atomic E-state index is -0.114. The molecule has 0 fully saturated rings. The third-order valence-corrected chi connectivity index (χ3v) is 2.90. The fourth-order valence-corrected chi connectivity index (χ4v) is 1.88. The molecule has 80 valence electrons. The Morgan fingerprint density at radius 2 is 2.06 bits per heavy atom. The molecule has 0 radical (unpaired) electrons. The van der Waals surface area contributed by atoms with Crippen molar-refractivity contribution in [1.82, 2.24) is 4.98 Å². The highest BCUT2D eigenvalue weighted by atomic mass is 79.9. The van der Waals surface area contributed by atoms with Crippen molar-refractivity contribution in [3.8, 4) is 0 Å². The van der Waals surface area contributed by atoms with Crippen molar-refractivity contribution in [1.29, 1.82) is 0 Å². The number of nitrogens with one attached hydrogen (secondary N) is 1. The molecule has 0 unspecified atom stereocenters. The maximum absolute atomic E-state index is 12.0. The summed E-state index contributed by atoms with van der Waals surface area (Å²) in [4.78, 5) is 25.2. The van der Waals surface area contributed by atoms with Crippen LogP contribution < -0.4 is 0 Å². The van der Waals surface area contributed by atoms with E-state index in [-0.39, 0.29) is 5.78 Å². The topological polar surface area (TPSA) is 49.9 Å². The lowest BCUT2D eigenvalue weighted by atomic mass is 10.1. The monoisotopic (exact) mass is 277 g/mol. The van der Waals surface area contributed by atoms with Crippen LogP contribution in [0.5, 0.6) is 0 Å². The van der Waals surface area contributed by atoms with Crippen molar-refractivity contribution >= 4 is 28.0 Å². The molecule has 0 saturated heterocycles. The first-order valence-electron chi connectivity index (χ1n) is 4.65. The van der Waals surface area contributed by atoms with Crippen molar-refractivity contribution in [2.45, 2.75) is 0 Å². The second-order valence-corrected chi connectivity index (χ2v) is 4.12. The summed E-state index contributed by atoms with van der Waals surface area (Å²) in [6.45, 7) is 0. The number of carbonyl (C=O) groups excluding carboxylic acids is 2. The Bertz CT molecular complexity index is 545. The van der Waals surface area contributed by atoms with Crippen molar-refractivity contribution in [2.75, 3.05) is 0 Å². The number of aldehydes is 1. The van der Waals surface area contributed by atoms with Crippen molar-refractivity contribution in [3.05, 3.63) is 57.8 Å². The minimum absolute atomic E-state index is 0.114. The van der Waals surface area contributed by atoms with E-state index in [9.17, 15) is 9.59 Å². The van der Waals surface area contributed by atoms with Gasteiger partial charge in [0.1, 0.15) is 0 Å². The molecule has 1 heterocycles. The minimum Gasteiger partial charge on any atom is -0.358 e. The van der Waals surface area contributed by atoms with Crippen LogP contribution in [0.4, 0.5) is 0 Å². The number of halogens is 1. The molecule has 0 atom stereocenters. The Labute approximate surface area is 101 Å². The lowest BCUT2D eigenvalue weighted by Crippen LogP contribution is -2.00. The third kappa shape index (κ3) is 1.97. The largest absolute Gasteiger partial charge is 0.358 e. The Balaban J connectivity index is 2.39. The SMILES string of the molecule is O=Cc1cc(C(=O)c2ccccc2Br)c[nH]1. The molecule has 2 rings (SSSR count). The molecule has 1 N–H and O–H groups in total. The number of carbonyl (C=O) groups is 2. The lowest BCUT2D eigenvalue weighted by Gasteiger charge is -2.00. The van der Waals surface area contributed by atoms with E-state index < -0.39 is 0 Å². The molecule has 1 aromatic carbocycles. The van der Waals surface area contributed by atoms with Crippen LogP contribution in [-0.4, -0.2) is 17.1 Å². The van der Waals surface area contributed by atoms with Crippen LogP contribution in [0.15, 0.2) is 41.0 Å². The first-order valence-corrected chi connectivity index (χ1v) is 5.44. The van der Waals surface area contributed by atoms with Gasteiger partial charge in [0.15, 0.2) is 12.1 Å². The summed E-state index contributed by atoms with van der Waals surface area (Å²) in [5.74, 6) is -0.114. The zero-order chi connectivity index (χ0) is 11.5. The van der Waals surface area contributed by atoms with E-state index in [0.29, 0.717) is 23.1 Å². The molecule has 2 aromatic rings. The van der Waals surface area contributed by atoms with E-state index in [4.69, 9.17) is 0 Å². The number of rotatable bonds is 3. The molecule has 0 aliphatic rings. The van der Waals surface area contributed by atoms with Gasteiger partial charge in [0, 0.05) is 21.8 Å². The van der Waals surface area contributed by atoms with Crippen LogP contribution in [0.3, 0.4) is 0 Å². The molecule has 3 nitrogen and oxygen atoms in total. The van der Waals surface area contributed by atoms with E-state index in [1.807, 2.05) is 6.07 Å². The summed E-state index contributed by atoms with van der Waals surface area (Å²) in [7, 11) is 0. The molecule has 0 aliphatic carbocycles. The fourth-order valence-electron chi connectivity index (χ4n) is 1.41. The van der Waals surface area contributed by atoms with E-state index in [1.54, 1.807) is 18.2 Å². The van der Waals surface area contributed by atoms with Gasteiger partial charge in [-0.2, -0.15) is 0 Å². The molecule has 0 bridgehead atoms. The Kier molecular flexibility index (Phi) is 3.01.